The van der Waals surface area contributed by atoms with E-state index in [9.17, 15) is 4.79 Å². The second-order valence-corrected chi connectivity index (χ2v) is 4.33. The van der Waals surface area contributed by atoms with Crippen molar-refractivity contribution in [3.63, 3.8) is 0 Å². The lowest BCUT2D eigenvalue weighted by molar-refractivity contribution is -0.136. The summed E-state index contributed by atoms with van der Waals surface area (Å²) in [7, 11) is 1.72. The number of hydrogen-bond donors (Lipinski definition) is 1. The largest absolute Gasteiger partial charge is 0.394 e. The lowest BCUT2D eigenvalue weighted by atomic mass is 10.0. The van der Waals surface area contributed by atoms with Crippen LogP contribution in [0, 0.1) is 12.3 Å². The van der Waals surface area contributed by atoms with E-state index in [1.165, 1.54) is 0 Å². The molecular formula is C12H21NO2. The Balaban J connectivity index is 3.95. The summed E-state index contributed by atoms with van der Waals surface area (Å²) in [4.78, 5) is 13.3. The Morgan fingerprint density at radius 2 is 2.07 bits per heavy atom. The van der Waals surface area contributed by atoms with Crippen LogP contribution in [0.1, 0.15) is 39.5 Å². The number of carbonyl (C=O) groups is 1. The van der Waals surface area contributed by atoms with Gasteiger partial charge in [-0.3, -0.25) is 4.79 Å². The van der Waals surface area contributed by atoms with Gasteiger partial charge in [-0.2, -0.15) is 0 Å². The van der Waals surface area contributed by atoms with Crippen LogP contribution < -0.4 is 0 Å². The van der Waals surface area contributed by atoms with E-state index in [0.717, 1.165) is 19.3 Å². The maximum absolute atomic E-state index is 11.7. The molecule has 0 saturated carbocycles. The number of rotatable bonds is 6. The number of hydrogen-bond acceptors (Lipinski definition) is 2. The summed E-state index contributed by atoms with van der Waals surface area (Å²) < 4.78 is 0. The lowest BCUT2D eigenvalue weighted by Gasteiger charge is -2.34. The Bertz CT molecular complexity index is 240. The minimum Gasteiger partial charge on any atom is -0.394 e. The van der Waals surface area contributed by atoms with Crippen molar-refractivity contribution in [3.8, 4) is 12.3 Å². The normalized spacial score (nSPS) is 10.9. The molecule has 3 nitrogen and oxygen atoms in total. The standard InChI is InChI=1S/C12H21NO2/c1-5-6-7-8-9-11(15)13(4)12(2,3)10-14/h1,14H,6-10H2,2-4H3. The number of unbranched alkanes of at least 4 members (excludes halogenated alkanes) is 2. The molecule has 0 aromatic carbocycles. The fourth-order valence-electron chi connectivity index (χ4n) is 1.11. The first-order chi connectivity index (χ1) is 6.95. The van der Waals surface area contributed by atoms with Gasteiger partial charge in [-0.25, -0.2) is 0 Å². The third-order valence-corrected chi connectivity index (χ3v) is 2.63. The summed E-state index contributed by atoms with van der Waals surface area (Å²) in [6.45, 7) is 3.65. The van der Waals surface area contributed by atoms with Crippen LogP contribution in [0.15, 0.2) is 0 Å². The molecule has 0 aliphatic heterocycles. The highest BCUT2D eigenvalue weighted by molar-refractivity contribution is 5.76. The van der Waals surface area contributed by atoms with E-state index in [4.69, 9.17) is 11.5 Å². The Morgan fingerprint density at radius 3 is 2.53 bits per heavy atom. The number of aliphatic hydroxyl groups excluding tert-OH is 1. The van der Waals surface area contributed by atoms with Gasteiger partial charge in [0.2, 0.25) is 5.91 Å². The van der Waals surface area contributed by atoms with Crippen LogP contribution in [0.2, 0.25) is 0 Å². The molecule has 86 valence electrons. The van der Waals surface area contributed by atoms with Gasteiger partial charge in [0.15, 0.2) is 0 Å². The summed E-state index contributed by atoms with van der Waals surface area (Å²) in [5, 5.41) is 9.10. The first-order valence-electron chi connectivity index (χ1n) is 5.26. The van der Waals surface area contributed by atoms with Gasteiger partial charge in [0.05, 0.1) is 12.1 Å². The molecule has 1 amide bonds. The molecular weight excluding hydrogens is 190 g/mol. The van der Waals surface area contributed by atoms with Crippen molar-refractivity contribution >= 4 is 5.91 Å². The van der Waals surface area contributed by atoms with E-state index in [1.807, 2.05) is 13.8 Å². The number of likely N-dealkylation sites (N-methyl/N-ethyl adjacent to an activating group) is 1. The molecule has 0 radical (unpaired) electrons. The fourth-order valence-corrected chi connectivity index (χ4v) is 1.11. The average Bonchev–Trinajstić information content (AvgIpc) is 2.23. The Morgan fingerprint density at radius 1 is 1.47 bits per heavy atom. The third kappa shape index (κ3) is 4.85. The molecule has 0 atom stereocenters. The molecule has 0 bridgehead atoms. The zero-order valence-electron chi connectivity index (χ0n) is 9.92. The molecule has 0 aromatic rings. The van der Waals surface area contributed by atoms with Gasteiger partial charge in [0.25, 0.3) is 0 Å². The summed E-state index contributed by atoms with van der Waals surface area (Å²) in [5.74, 6) is 2.61. The molecule has 0 aliphatic carbocycles. The maximum Gasteiger partial charge on any atom is 0.222 e. The van der Waals surface area contributed by atoms with Crippen LogP contribution in [0.3, 0.4) is 0 Å². The summed E-state index contributed by atoms with van der Waals surface area (Å²) >= 11 is 0. The molecule has 15 heavy (non-hydrogen) atoms. The predicted octanol–water partition coefficient (Wildman–Crippen LogP) is 1.41. The summed E-state index contributed by atoms with van der Waals surface area (Å²) in [6.07, 6.45) is 8.04. The van der Waals surface area contributed by atoms with Crippen molar-refractivity contribution < 1.29 is 9.90 Å². The lowest BCUT2D eigenvalue weighted by Crippen LogP contribution is -2.47. The van der Waals surface area contributed by atoms with E-state index < -0.39 is 5.54 Å². The van der Waals surface area contributed by atoms with Gasteiger partial charge in [0, 0.05) is 19.9 Å². The molecule has 0 fully saturated rings. The first-order valence-corrected chi connectivity index (χ1v) is 5.26. The summed E-state index contributed by atoms with van der Waals surface area (Å²) in [6, 6.07) is 0. The number of terminal acetylenes is 1. The van der Waals surface area contributed by atoms with Crippen LogP contribution in [0.5, 0.6) is 0 Å². The fraction of sp³-hybridized carbons (Fsp3) is 0.750. The molecule has 3 heteroatoms. The van der Waals surface area contributed by atoms with Crippen molar-refractivity contribution in [3.05, 3.63) is 0 Å². The zero-order chi connectivity index (χ0) is 11.9. The quantitative estimate of drug-likeness (QED) is 0.533. The van der Waals surface area contributed by atoms with E-state index in [1.54, 1.807) is 11.9 Å². The minimum atomic E-state index is -0.483. The molecule has 1 N–H and O–H groups in total. The maximum atomic E-state index is 11.7. The Labute approximate surface area is 92.5 Å². The molecule has 0 rings (SSSR count). The van der Waals surface area contributed by atoms with Crippen LogP contribution in [0.4, 0.5) is 0 Å². The van der Waals surface area contributed by atoms with E-state index in [0.29, 0.717) is 6.42 Å². The highest BCUT2D eigenvalue weighted by atomic mass is 16.3. The summed E-state index contributed by atoms with van der Waals surface area (Å²) in [5.41, 5.74) is -0.483. The number of carbonyl (C=O) groups excluding carboxylic acids is 1. The van der Waals surface area contributed by atoms with E-state index in [2.05, 4.69) is 5.92 Å². The molecule has 0 saturated heterocycles. The van der Waals surface area contributed by atoms with Crippen molar-refractivity contribution in [2.75, 3.05) is 13.7 Å². The molecule has 0 unspecified atom stereocenters. The van der Waals surface area contributed by atoms with Crippen molar-refractivity contribution in [2.24, 2.45) is 0 Å². The SMILES string of the molecule is C#CCCCCC(=O)N(C)C(C)(C)CO. The number of aliphatic hydroxyl groups is 1. The van der Waals surface area contributed by atoms with Crippen molar-refractivity contribution in [1.29, 1.82) is 0 Å². The van der Waals surface area contributed by atoms with Crippen LogP contribution in [0.25, 0.3) is 0 Å². The predicted molar refractivity (Wildman–Crippen MR) is 61.2 cm³/mol. The van der Waals surface area contributed by atoms with Gasteiger partial charge in [-0.1, -0.05) is 0 Å². The molecule has 0 spiro atoms. The third-order valence-electron chi connectivity index (χ3n) is 2.63. The van der Waals surface area contributed by atoms with Crippen LogP contribution in [-0.2, 0) is 4.79 Å². The number of amides is 1. The molecule has 0 aliphatic rings. The smallest absolute Gasteiger partial charge is 0.222 e. The zero-order valence-corrected chi connectivity index (χ0v) is 9.92. The molecule has 0 aromatic heterocycles. The first kappa shape index (κ1) is 14.0. The highest BCUT2D eigenvalue weighted by Crippen LogP contribution is 2.13. The van der Waals surface area contributed by atoms with E-state index in [-0.39, 0.29) is 12.5 Å². The molecule has 0 heterocycles. The Kier molecular flexibility index (Phi) is 6.03. The van der Waals surface area contributed by atoms with Gasteiger partial charge < -0.3 is 10.0 Å². The van der Waals surface area contributed by atoms with Gasteiger partial charge in [0.1, 0.15) is 0 Å². The highest BCUT2D eigenvalue weighted by Gasteiger charge is 2.25. The van der Waals surface area contributed by atoms with E-state index >= 15 is 0 Å². The van der Waals surface area contributed by atoms with Crippen LogP contribution >= 0.6 is 0 Å². The Hall–Kier alpha value is -1.01. The van der Waals surface area contributed by atoms with Gasteiger partial charge in [-0.05, 0) is 26.7 Å². The second-order valence-electron chi connectivity index (χ2n) is 4.33. The van der Waals surface area contributed by atoms with Crippen molar-refractivity contribution in [1.82, 2.24) is 4.90 Å². The average molecular weight is 211 g/mol. The minimum absolute atomic E-state index is 0.0282. The van der Waals surface area contributed by atoms with Crippen molar-refractivity contribution in [2.45, 2.75) is 45.1 Å². The number of nitrogens with zero attached hydrogens (tertiary/aromatic N) is 1. The monoisotopic (exact) mass is 211 g/mol. The van der Waals surface area contributed by atoms with Crippen LogP contribution in [-0.4, -0.2) is 35.1 Å². The van der Waals surface area contributed by atoms with Gasteiger partial charge >= 0.3 is 0 Å². The van der Waals surface area contributed by atoms with Gasteiger partial charge in [-0.15, -0.1) is 12.3 Å². The second kappa shape index (κ2) is 6.47. The topological polar surface area (TPSA) is 40.5 Å².